The van der Waals surface area contributed by atoms with Crippen molar-refractivity contribution in [3.05, 3.63) is 101 Å². The summed E-state index contributed by atoms with van der Waals surface area (Å²) in [7, 11) is -4.11. The number of hydrogen-bond donors (Lipinski definition) is 2. The smallest absolute Gasteiger partial charge is 0.327 e. The first-order chi connectivity index (χ1) is 19.5. The average Bonchev–Trinajstić information content (AvgIpc) is 3.23. The number of halogens is 3. The van der Waals surface area contributed by atoms with E-state index in [0.29, 0.717) is 41.8 Å². The second-order valence-electron chi connectivity index (χ2n) is 10.1. The van der Waals surface area contributed by atoms with Gasteiger partial charge in [0.15, 0.2) is 0 Å². The molecule has 216 valence electrons. The Balaban J connectivity index is 1.29. The lowest BCUT2D eigenvalue weighted by atomic mass is 9.96. The van der Waals surface area contributed by atoms with E-state index >= 15 is 0 Å². The summed E-state index contributed by atoms with van der Waals surface area (Å²) in [6, 6.07) is 16.2. The maximum absolute atomic E-state index is 13.4. The molecule has 8 nitrogen and oxygen atoms in total. The molecule has 2 N–H and O–H groups in total. The molecule has 3 aromatic carbocycles. The molecule has 12 heteroatoms. The van der Waals surface area contributed by atoms with Gasteiger partial charge in [0.2, 0.25) is 0 Å². The van der Waals surface area contributed by atoms with Crippen LogP contribution in [0.1, 0.15) is 57.9 Å². The fourth-order valence-electron chi connectivity index (χ4n) is 5.28. The molecule has 2 aliphatic heterocycles. The Hall–Kier alpha value is -3.90. The molecule has 2 aliphatic rings. The van der Waals surface area contributed by atoms with Gasteiger partial charge in [-0.3, -0.25) is 10.2 Å². The predicted octanol–water partition coefficient (Wildman–Crippen LogP) is 4.88. The number of urea groups is 1. The van der Waals surface area contributed by atoms with E-state index < -0.39 is 33.8 Å². The first-order valence-corrected chi connectivity index (χ1v) is 14.8. The van der Waals surface area contributed by atoms with E-state index in [2.05, 4.69) is 5.43 Å². The molecule has 0 aliphatic carbocycles. The molecular formula is C29H29F3N4O4S. The highest BCUT2D eigenvalue weighted by atomic mass is 32.2. The molecule has 0 aromatic heterocycles. The fourth-order valence-corrected chi connectivity index (χ4v) is 6.19. The van der Waals surface area contributed by atoms with Crippen LogP contribution in [0.25, 0.3) is 0 Å². The van der Waals surface area contributed by atoms with E-state index in [4.69, 9.17) is 0 Å². The van der Waals surface area contributed by atoms with E-state index in [-0.39, 0.29) is 17.3 Å². The lowest BCUT2D eigenvalue weighted by Gasteiger charge is -2.27. The summed E-state index contributed by atoms with van der Waals surface area (Å²) in [5.74, 6) is -0.286. The standard InChI is InChI=1S/C29H29F3N4O4S/c30-29(31,32)22-8-6-7-21(19-22)26-24-9-2-3-10-25(24)27(37)36(26)18-15-20-11-13-23(14-12-20)41(39,40)34-28(38)33-35-16-4-1-5-17-35/h2-3,6-14,19,26H,1,4-5,15-18H2,(H2,33,34,38). The minimum Gasteiger partial charge on any atom is -0.327 e. The molecule has 3 aromatic rings. The number of fused-ring (bicyclic) bond motifs is 1. The van der Waals surface area contributed by atoms with Crippen molar-refractivity contribution in [2.75, 3.05) is 19.6 Å². The number of hydrogen-bond acceptors (Lipinski definition) is 5. The second-order valence-corrected chi connectivity index (χ2v) is 11.8. The van der Waals surface area contributed by atoms with E-state index in [1.165, 1.54) is 23.1 Å². The maximum Gasteiger partial charge on any atom is 0.416 e. The number of rotatable bonds is 7. The highest BCUT2D eigenvalue weighted by Gasteiger charge is 2.38. The molecule has 0 spiro atoms. The minimum absolute atomic E-state index is 0.0958. The van der Waals surface area contributed by atoms with Gasteiger partial charge >= 0.3 is 12.2 Å². The van der Waals surface area contributed by atoms with Crippen molar-refractivity contribution in [3.8, 4) is 0 Å². The Labute approximate surface area is 236 Å². The molecule has 0 radical (unpaired) electrons. The lowest BCUT2D eigenvalue weighted by molar-refractivity contribution is -0.137. The van der Waals surface area contributed by atoms with Crippen molar-refractivity contribution < 1.29 is 31.2 Å². The number of hydrazine groups is 1. The van der Waals surface area contributed by atoms with Crippen molar-refractivity contribution in [3.63, 3.8) is 0 Å². The van der Waals surface area contributed by atoms with E-state index in [1.54, 1.807) is 47.5 Å². The molecule has 0 saturated carbocycles. The molecule has 1 fully saturated rings. The third-order valence-corrected chi connectivity index (χ3v) is 8.65. The van der Waals surface area contributed by atoms with Crippen LogP contribution >= 0.6 is 0 Å². The highest BCUT2D eigenvalue weighted by Crippen LogP contribution is 2.40. The number of benzene rings is 3. The van der Waals surface area contributed by atoms with Gasteiger partial charge in [-0.1, -0.05) is 48.9 Å². The van der Waals surface area contributed by atoms with E-state index in [0.717, 1.165) is 31.4 Å². The van der Waals surface area contributed by atoms with Gasteiger partial charge in [0.1, 0.15) is 0 Å². The number of carbonyl (C=O) groups excluding carboxylic acids is 2. The number of alkyl halides is 3. The molecule has 2 heterocycles. The topological polar surface area (TPSA) is 98.8 Å². The highest BCUT2D eigenvalue weighted by molar-refractivity contribution is 7.90. The van der Waals surface area contributed by atoms with Gasteiger partial charge in [-0.05, 0) is 66.3 Å². The van der Waals surface area contributed by atoms with Crippen molar-refractivity contribution in [1.82, 2.24) is 20.1 Å². The van der Waals surface area contributed by atoms with Crippen molar-refractivity contribution in [2.24, 2.45) is 0 Å². The van der Waals surface area contributed by atoms with E-state index in [1.807, 2.05) is 4.72 Å². The van der Waals surface area contributed by atoms with Crippen molar-refractivity contribution in [2.45, 2.75) is 42.8 Å². The number of nitrogens with one attached hydrogen (secondary N) is 2. The summed E-state index contributed by atoms with van der Waals surface area (Å²) in [6.45, 7) is 1.50. The average molecular weight is 587 g/mol. The van der Waals surface area contributed by atoms with Crippen LogP contribution in [0.4, 0.5) is 18.0 Å². The first-order valence-electron chi connectivity index (χ1n) is 13.3. The summed E-state index contributed by atoms with van der Waals surface area (Å²) in [5.41, 5.74) is 3.90. The molecule has 1 unspecified atom stereocenters. The first kappa shape index (κ1) is 28.6. The van der Waals surface area contributed by atoms with Crippen LogP contribution in [0.3, 0.4) is 0 Å². The summed E-state index contributed by atoms with van der Waals surface area (Å²) >= 11 is 0. The number of nitrogens with zero attached hydrogens (tertiary/aromatic N) is 2. The van der Waals surface area contributed by atoms with Crippen LogP contribution in [-0.2, 0) is 22.6 Å². The summed E-state index contributed by atoms with van der Waals surface area (Å²) in [4.78, 5) is 27.0. The van der Waals surface area contributed by atoms with Crippen molar-refractivity contribution in [1.29, 1.82) is 0 Å². The number of amides is 3. The number of piperidine rings is 1. The zero-order valence-electron chi connectivity index (χ0n) is 22.0. The molecule has 0 bridgehead atoms. The minimum atomic E-state index is -4.52. The Kier molecular flexibility index (Phi) is 8.05. The molecular weight excluding hydrogens is 557 g/mol. The van der Waals surface area contributed by atoms with Crippen LogP contribution in [0, 0.1) is 0 Å². The largest absolute Gasteiger partial charge is 0.416 e. The van der Waals surface area contributed by atoms with Crippen LogP contribution in [-0.4, -0.2) is 49.9 Å². The van der Waals surface area contributed by atoms with Gasteiger partial charge in [0, 0.05) is 25.2 Å². The van der Waals surface area contributed by atoms with Gasteiger partial charge < -0.3 is 4.90 Å². The third-order valence-electron chi connectivity index (χ3n) is 7.31. The molecule has 1 saturated heterocycles. The number of sulfonamides is 1. The zero-order chi connectivity index (χ0) is 29.2. The Morgan fingerprint density at radius 1 is 0.927 bits per heavy atom. The van der Waals surface area contributed by atoms with Crippen LogP contribution in [0.15, 0.2) is 77.7 Å². The maximum atomic E-state index is 13.4. The Morgan fingerprint density at radius 3 is 2.34 bits per heavy atom. The van der Waals surface area contributed by atoms with Gasteiger partial charge in [-0.25, -0.2) is 22.9 Å². The Morgan fingerprint density at radius 2 is 1.63 bits per heavy atom. The quantitative estimate of drug-likeness (QED) is 0.411. The van der Waals surface area contributed by atoms with Crippen LogP contribution in [0.5, 0.6) is 0 Å². The van der Waals surface area contributed by atoms with Gasteiger partial charge in [0.05, 0.1) is 16.5 Å². The predicted molar refractivity (Wildman–Crippen MR) is 145 cm³/mol. The molecule has 5 rings (SSSR count). The normalized spacial score (nSPS) is 17.8. The van der Waals surface area contributed by atoms with Gasteiger partial charge in [-0.15, -0.1) is 0 Å². The molecule has 3 amide bonds. The third kappa shape index (κ3) is 6.38. The van der Waals surface area contributed by atoms with Gasteiger partial charge in [0.25, 0.3) is 15.9 Å². The Bertz CT molecular complexity index is 1540. The molecule has 41 heavy (non-hydrogen) atoms. The SMILES string of the molecule is O=C(NN1CCCCC1)NS(=O)(=O)c1ccc(CCN2C(=O)c3ccccc3C2c2cccc(C(F)(F)F)c2)cc1. The van der Waals surface area contributed by atoms with E-state index in [9.17, 15) is 31.2 Å². The number of carbonyl (C=O) groups is 2. The molecule has 1 atom stereocenters. The van der Waals surface area contributed by atoms with Crippen molar-refractivity contribution >= 4 is 22.0 Å². The van der Waals surface area contributed by atoms with Crippen LogP contribution in [0.2, 0.25) is 0 Å². The summed E-state index contributed by atoms with van der Waals surface area (Å²) in [5, 5.41) is 1.68. The summed E-state index contributed by atoms with van der Waals surface area (Å²) in [6.07, 6.45) is -1.28. The lowest BCUT2D eigenvalue weighted by Crippen LogP contribution is -2.50. The summed E-state index contributed by atoms with van der Waals surface area (Å²) < 4.78 is 67.7. The second kappa shape index (κ2) is 11.5. The zero-order valence-corrected chi connectivity index (χ0v) is 22.8. The fraction of sp³-hybridized carbons (Fsp3) is 0.310. The monoisotopic (exact) mass is 586 g/mol. The van der Waals surface area contributed by atoms with Crippen LogP contribution < -0.4 is 10.1 Å². The van der Waals surface area contributed by atoms with Gasteiger partial charge in [-0.2, -0.15) is 13.2 Å².